The molecule has 5 heteroatoms. The maximum Gasteiger partial charge on any atom is 0.407 e. The van der Waals surface area contributed by atoms with E-state index in [1.54, 1.807) is 18.2 Å². The second-order valence-electron chi connectivity index (χ2n) is 5.51. The van der Waals surface area contributed by atoms with Crippen molar-refractivity contribution in [2.45, 2.75) is 32.8 Å². The van der Waals surface area contributed by atoms with E-state index in [0.717, 1.165) is 5.56 Å². The van der Waals surface area contributed by atoms with Crippen LogP contribution in [0.1, 0.15) is 32.8 Å². The highest BCUT2D eigenvalue weighted by atomic mass is 19.1. The van der Waals surface area contributed by atoms with E-state index in [4.69, 9.17) is 9.47 Å². The first-order chi connectivity index (χ1) is 9.81. The molecule has 0 aromatic heterocycles. The zero-order valence-corrected chi connectivity index (χ0v) is 12.9. The number of amides is 1. The van der Waals surface area contributed by atoms with Gasteiger partial charge in [0.2, 0.25) is 0 Å². The van der Waals surface area contributed by atoms with Crippen molar-refractivity contribution < 1.29 is 18.7 Å². The van der Waals surface area contributed by atoms with Gasteiger partial charge in [0, 0.05) is 6.54 Å². The first-order valence-corrected chi connectivity index (χ1v) is 6.79. The number of ether oxygens (including phenoxy) is 2. The number of alkyl carbamates (subject to hydrolysis) is 1. The molecule has 1 N–H and O–H groups in total. The number of benzene rings is 1. The van der Waals surface area contributed by atoms with Crippen LogP contribution in [0.5, 0.6) is 5.75 Å². The molecule has 0 aliphatic heterocycles. The van der Waals surface area contributed by atoms with Crippen LogP contribution in [0, 0.1) is 5.82 Å². The Kier molecular flexibility index (Phi) is 6.21. The van der Waals surface area contributed by atoms with Crippen molar-refractivity contribution in [1.29, 1.82) is 0 Å². The van der Waals surface area contributed by atoms with Crippen LogP contribution < -0.4 is 10.1 Å². The number of methoxy groups -OCH3 is 1. The second kappa shape index (κ2) is 7.67. The van der Waals surface area contributed by atoms with Crippen LogP contribution in [0.3, 0.4) is 0 Å². The SMILES string of the molecule is COc1ccc(C=CCCNC(=O)OC(C)(C)C)cc1F. The van der Waals surface area contributed by atoms with Crippen LogP contribution in [0.15, 0.2) is 24.3 Å². The average molecular weight is 295 g/mol. The highest BCUT2D eigenvalue weighted by molar-refractivity contribution is 5.67. The Morgan fingerprint density at radius 1 is 1.38 bits per heavy atom. The van der Waals surface area contributed by atoms with Gasteiger partial charge in [0.25, 0.3) is 0 Å². The summed E-state index contributed by atoms with van der Waals surface area (Å²) in [6.45, 7) is 5.89. The number of hydrogen-bond donors (Lipinski definition) is 1. The fourth-order valence-corrected chi connectivity index (χ4v) is 1.58. The molecule has 116 valence electrons. The smallest absolute Gasteiger partial charge is 0.407 e. The molecule has 0 aliphatic carbocycles. The molecule has 1 amide bonds. The first kappa shape index (κ1) is 17.0. The van der Waals surface area contributed by atoms with Gasteiger partial charge < -0.3 is 14.8 Å². The predicted octanol–water partition coefficient (Wildman–Crippen LogP) is 3.76. The normalized spacial score (nSPS) is 11.5. The summed E-state index contributed by atoms with van der Waals surface area (Å²) in [4.78, 5) is 11.4. The predicted molar refractivity (Wildman–Crippen MR) is 80.8 cm³/mol. The van der Waals surface area contributed by atoms with E-state index in [1.165, 1.54) is 13.2 Å². The number of carbonyl (C=O) groups is 1. The van der Waals surface area contributed by atoms with Crippen molar-refractivity contribution >= 4 is 12.2 Å². The first-order valence-electron chi connectivity index (χ1n) is 6.79. The van der Waals surface area contributed by atoms with E-state index in [1.807, 2.05) is 26.8 Å². The van der Waals surface area contributed by atoms with Gasteiger partial charge >= 0.3 is 6.09 Å². The van der Waals surface area contributed by atoms with Crippen LogP contribution in [-0.2, 0) is 4.74 Å². The summed E-state index contributed by atoms with van der Waals surface area (Å²) in [7, 11) is 1.43. The van der Waals surface area contributed by atoms with Gasteiger partial charge in [0.15, 0.2) is 11.6 Å². The Morgan fingerprint density at radius 2 is 2.10 bits per heavy atom. The Balaban J connectivity index is 2.35. The zero-order chi connectivity index (χ0) is 15.9. The second-order valence-corrected chi connectivity index (χ2v) is 5.51. The maximum absolute atomic E-state index is 13.5. The molecular weight excluding hydrogens is 273 g/mol. The molecule has 0 heterocycles. The Hall–Kier alpha value is -2.04. The van der Waals surface area contributed by atoms with Crippen LogP contribution >= 0.6 is 0 Å². The van der Waals surface area contributed by atoms with Crippen LogP contribution in [-0.4, -0.2) is 25.3 Å². The number of hydrogen-bond acceptors (Lipinski definition) is 3. The molecular formula is C16H22FNO3. The standard InChI is InChI=1S/C16H22FNO3/c1-16(2,3)21-15(19)18-10-6-5-7-12-8-9-14(20-4)13(17)11-12/h5,7-9,11H,6,10H2,1-4H3,(H,18,19). The van der Waals surface area contributed by atoms with Gasteiger partial charge in [-0.05, 0) is 44.9 Å². The number of carbonyl (C=O) groups excluding carboxylic acids is 1. The van der Waals surface area contributed by atoms with Crippen LogP contribution in [0.2, 0.25) is 0 Å². The minimum atomic E-state index is -0.499. The molecule has 4 nitrogen and oxygen atoms in total. The zero-order valence-electron chi connectivity index (χ0n) is 12.9. The molecule has 0 aliphatic rings. The summed E-state index contributed by atoms with van der Waals surface area (Å²) < 4.78 is 23.4. The van der Waals surface area contributed by atoms with Gasteiger partial charge in [0.05, 0.1) is 7.11 Å². The minimum Gasteiger partial charge on any atom is -0.494 e. The van der Waals surface area contributed by atoms with Crippen molar-refractivity contribution in [3.8, 4) is 5.75 Å². The minimum absolute atomic E-state index is 0.221. The topological polar surface area (TPSA) is 47.6 Å². The van der Waals surface area contributed by atoms with Crippen LogP contribution in [0.4, 0.5) is 9.18 Å². The monoisotopic (exact) mass is 295 g/mol. The number of halogens is 1. The molecule has 0 bridgehead atoms. The van der Waals surface area contributed by atoms with E-state index in [9.17, 15) is 9.18 Å². The quantitative estimate of drug-likeness (QED) is 0.841. The van der Waals surface area contributed by atoms with Gasteiger partial charge in [0.1, 0.15) is 5.60 Å². The maximum atomic E-state index is 13.5. The summed E-state index contributed by atoms with van der Waals surface area (Å²) in [6.07, 6.45) is 3.84. The molecule has 0 fully saturated rings. The summed E-state index contributed by atoms with van der Waals surface area (Å²) in [6, 6.07) is 4.74. The third-order valence-electron chi connectivity index (χ3n) is 2.47. The van der Waals surface area contributed by atoms with Crippen molar-refractivity contribution in [3.05, 3.63) is 35.7 Å². The lowest BCUT2D eigenvalue weighted by atomic mass is 10.2. The average Bonchev–Trinajstić information content (AvgIpc) is 2.36. The Morgan fingerprint density at radius 3 is 2.67 bits per heavy atom. The molecule has 0 saturated carbocycles. The lowest BCUT2D eigenvalue weighted by molar-refractivity contribution is 0.0529. The van der Waals surface area contributed by atoms with Gasteiger partial charge in [-0.1, -0.05) is 18.2 Å². The van der Waals surface area contributed by atoms with E-state index >= 15 is 0 Å². The van der Waals surface area contributed by atoms with E-state index in [-0.39, 0.29) is 5.75 Å². The van der Waals surface area contributed by atoms with Gasteiger partial charge in [-0.25, -0.2) is 9.18 Å². The third-order valence-corrected chi connectivity index (χ3v) is 2.47. The molecule has 1 aromatic rings. The summed E-state index contributed by atoms with van der Waals surface area (Å²) in [5, 5.41) is 2.65. The largest absolute Gasteiger partial charge is 0.494 e. The highest BCUT2D eigenvalue weighted by Crippen LogP contribution is 2.18. The molecule has 1 rings (SSSR count). The van der Waals surface area contributed by atoms with Gasteiger partial charge in [-0.15, -0.1) is 0 Å². The molecule has 0 spiro atoms. The van der Waals surface area contributed by atoms with Gasteiger partial charge in [-0.3, -0.25) is 0 Å². The Labute approximate surface area is 124 Å². The molecule has 21 heavy (non-hydrogen) atoms. The van der Waals surface area contributed by atoms with Crippen molar-refractivity contribution in [3.63, 3.8) is 0 Å². The van der Waals surface area contributed by atoms with Crippen LogP contribution in [0.25, 0.3) is 6.08 Å². The molecule has 0 saturated heterocycles. The summed E-state index contributed by atoms with van der Waals surface area (Å²) >= 11 is 0. The molecule has 0 atom stereocenters. The van der Waals surface area contributed by atoms with E-state index in [2.05, 4.69) is 5.32 Å². The Bertz CT molecular complexity index is 507. The summed E-state index contributed by atoms with van der Waals surface area (Å²) in [5.74, 6) is -0.176. The lowest BCUT2D eigenvalue weighted by Gasteiger charge is -2.19. The summed E-state index contributed by atoms with van der Waals surface area (Å²) in [5.41, 5.74) is 0.242. The highest BCUT2D eigenvalue weighted by Gasteiger charge is 2.15. The third kappa shape index (κ3) is 6.79. The van der Waals surface area contributed by atoms with Crippen molar-refractivity contribution in [2.24, 2.45) is 0 Å². The fraction of sp³-hybridized carbons (Fsp3) is 0.438. The lowest BCUT2D eigenvalue weighted by Crippen LogP contribution is -2.32. The van der Waals surface area contributed by atoms with E-state index in [0.29, 0.717) is 13.0 Å². The van der Waals surface area contributed by atoms with E-state index < -0.39 is 17.5 Å². The number of nitrogens with one attached hydrogen (secondary N) is 1. The molecule has 1 aromatic carbocycles. The van der Waals surface area contributed by atoms with Gasteiger partial charge in [-0.2, -0.15) is 0 Å². The van der Waals surface area contributed by atoms with Crippen molar-refractivity contribution in [1.82, 2.24) is 5.32 Å². The molecule has 0 radical (unpaired) electrons. The molecule has 0 unspecified atom stereocenters. The number of rotatable bonds is 5. The fourth-order valence-electron chi connectivity index (χ4n) is 1.58. The van der Waals surface area contributed by atoms with Crippen molar-refractivity contribution in [2.75, 3.05) is 13.7 Å².